The van der Waals surface area contributed by atoms with Gasteiger partial charge in [-0.15, -0.1) is 0 Å². The first kappa shape index (κ1) is 24.8. The average Bonchev–Trinajstić information content (AvgIpc) is 3.14. The minimum absolute atomic E-state index is 0.000305. The van der Waals surface area contributed by atoms with Crippen LogP contribution in [0.4, 0.5) is 0 Å². The lowest BCUT2D eigenvalue weighted by Gasteiger charge is -2.26. The van der Waals surface area contributed by atoms with Crippen molar-refractivity contribution in [3.05, 3.63) is 88.8 Å². The monoisotopic (exact) mass is 488 g/mol. The first-order chi connectivity index (χ1) is 17.4. The summed E-state index contributed by atoms with van der Waals surface area (Å²) in [5.74, 6) is -0.0903. The number of nitrogens with zero attached hydrogens (tertiary/aromatic N) is 2. The molecule has 0 saturated carbocycles. The van der Waals surface area contributed by atoms with Crippen molar-refractivity contribution in [2.45, 2.75) is 26.4 Å². The minimum atomic E-state index is -0.850. The van der Waals surface area contributed by atoms with Crippen molar-refractivity contribution in [3.63, 3.8) is 0 Å². The first-order valence-corrected chi connectivity index (χ1v) is 11.5. The molecule has 0 unspecified atom stereocenters. The zero-order valence-corrected chi connectivity index (χ0v) is 20.6. The van der Waals surface area contributed by atoms with Crippen molar-refractivity contribution in [1.29, 1.82) is 0 Å². The number of hydrogen-bond donors (Lipinski definition) is 1. The van der Waals surface area contributed by atoms with Crippen LogP contribution in [0.15, 0.2) is 66.5 Å². The summed E-state index contributed by atoms with van der Waals surface area (Å²) >= 11 is 0. The highest BCUT2D eigenvalue weighted by molar-refractivity contribution is 6.46. The summed E-state index contributed by atoms with van der Waals surface area (Å²) in [6.45, 7) is 4.39. The van der Waals surface area contributed by atoms with E-state index in [2.05, 4.69) is 4.98 Å². The van der Waals surface area contributed by atoms with Gasteiger partial charge >= 0.3 is 0 Å². The van der Waals surface area contributed by atoms with Crippen molar-refractivity contribution in [2.75, 3.05) is 20.8 Å². The molecule has 0 bridgehead atoms. The van der Waals surface area contributed by atoms with Gasteiger partial charge in [0.15, 0.2) is 11.5 Å². The molecule has 3 aromatic rings. The number of ether oxygens (including phenoxy) is 3. The topological polar surface area (TPSA) is 98.2 Å². The lowest BCUT2D eigenvalue weighted by Crippen LogP contribution is -2.29. The van der Waals surface area contributed by atoms with Crippen molar-refractivity contribution in [2.24, 2.45) is 0 Å². The molecule has 0 aliphatic carbocycles. The molecular weight excluding hydrogens is 460 g/mol. The number of aryl methyl sites for hydroxylation is 1. The molecule has 2 aromatic carbocycles. The number of aliphatic hydroxyl groups is 1. The van der Waals surface area contributed by atoms with E-state index in [-0.39, 0.29) is 17.9 Å². The summed E-state index contributed by atoms with van der Waals surface area (Å²) in [7, 11) is 3.04. The fraction of sp³-hybridized carbons (Fsp3) is 0.250. The normalized spacial score (nSPS) is 16.8. The third-order valence-electron chi connectivity index (χ3n) is 6.09. The van der Waals surface area contributed by atoms with Crippen LogP contribution in [0.3, 0.4) is 0 Å². The number of benzene rings is 2. The second-order valence-electron chi connectivity index (χ2n) is 8.32. The number of carbonyl (C=O) groups excluding carboxylic acids is 2. The average molecular weight is 489 g/mol. The Morgan fingerprint density at radius 1 is 1.03 bits per heavy atom. The van der Waals surface area contributed by atoms with Gasteiger partial charge < -0.3 is 24.2 Å². The SMILES string of the molecule is CCOc1ccc(C(O)=C2C(=O)C(=O)N(Cc3cccnc3)[C@@H]2c2ccc(OC)c(OC)c2)cc1C. The first-order valence-electron chi connectivity index (χ1n) is 11.5. The summed E-state index contributed by atoms with van der Waals surface area (Å²) in [6.07, 6.45) is 3.28. The predicted octanol–water partition coefficient (Wildman–Crippen LogP) is 4.43. The molecule has 1 aliphatic rings. The highest BCUT2D eigenvalue weighted by Crippen LogP contribution is 2.43. The van der Waals surface area contributed by atoms with Crippen LogP contribution in [0.25, 0.3) is 5.76 Å². The number of methoxy groups -OCH3 is 2. The summed E-state index contributed by atoms with van der Waals surface area (Å²) in [6, 6.07) is 13.1. The Morgan fingerprint density at radius 2 is 1.78 bits per heavy atom. The molecule has 36 heavy (non-hydrogen) atoms. The molecule has 186 valence electrons. The van der Waals surface area contributed by atoms with Crippen LogP contribution in [-0.4, -0.2) is 47.5 Å². The van der Waals surface area contributed by atoms with Gasteiger partial charge in [0.05, 0.1) is 32.4 Å². The van der Waals surface area contributed by atoms with Gasteiger partial charge in [0, 0.05) is 24.5 Å². The van der Waals surface area contributed by atoms with Crippen LogP contribution >= 0.6 is 0 Å². The van der Waals surface area contributed by atoms with E-state index in [1.165, 1.54) is 19.1 Å². The van der Waals surface area contributed by atoms with E-state index in [9.17, 15) is 14.7 Å². The van der Waals surface area contributed by atoms with Crippen LogP contribution < -0.4 is 14.2 Å². The second kappa shape index (κ2) is 10.5. The highest BCUT2D eigenvalue weighted by Gasteiger charge is 2.46. The molecule has 1 aromatic heterocycles. The maximum Gasteiger partial charge on any atom is 0.295 e. The number of aliphatic hydroxyl groups excluding tert-OH is 1. The predicted molar refractivity (Wildman–Crippen MR) is 134 cm³/mol. The number of rotatable bonds is 8. The van der Waals surface area contributed by atoms with E-state index in [0.717, 1.165) is 11.1 Å². The summed E-state index contributed by atoms with van der Waals surface area (Å²) in [5, 5.41) is 11.4. The molecule has 1 fully saturated rings. The number of aromatic nitrogens is 1. The van der Waals surface area contributed by atoms with Crippen LogP contribution in [0.2, 0.25) is 0 Å². The molecular formula is C28H28N2O6. The highest BCUT2D eigenvalue weighted by atomic mass is 16.5. The van der Waals surface area contributed by atoms with E-state index < -0.39 is 17.7 Å². The molecule has 4 rings (SSSR count). The van der Waals surface area contributed by atoms with Crippen molar-refractivity contribution in [3.8, 4) is 17.2 Å². The van der Waals surface area contributed by atoms with E-state index >= 15 is 0 Å². The fourth-order valence-electron chi connectivity index (χ4n) is 4.37. The van der Waals surface area contributed by atoms with Gasteiger partial charge in [0.25, 0.3) is 11.7 Å². The number of ketones is 1. The maximum absolute atomic E-state index is 13.3. The number of Topliss-reactive ketones (excluding diaryl/α,β-unsaturated/α-hetero) is 1. The number of amides is 1. The van der Waals surface area contributed by atoms with Gasteiger partial charge in [0.2, 0.25) is 0 Å². The number of hydrogen-bond acceptors (Lipinski definition) is 7. The smallest absolute Gasteiger partial charge is 0.295 e. The Morgan fingerprint density at radius 3 is 2.42 bits per heavy atom. The van der Waals surface area contributed by atoms with Crippen molar-refractivity contribution < 1.29 is 28.9 Å². The molecule has 8 heteroatoms. The van der Waals surface area contributed by atoms with Crippen LogP contribution in [-0.2, 0) is 16.1 Å². The molecule has 1 N–H and O–H groups in total. The van der Waals surface area contributed by atoms with E-state index in [0.29, 0.717) is 35.0 Å². The molecule has 1 aliphatic heterocycles. The van der Waals surface area contributed by atoms with Gasteiger partial charge in [-0.1, -0.05) is 12.1 Å². The number of carbonyl (C=O) groups is 2. The quantitative estimate of drug-likeness (QED) is 0.285. The van der Waals surface area contributed by atoms with Gasteiger partial charge in [-0.2, -0.15) is 0 Å². The molecule has 0 spiro atoms. The Labute approximate surface area is 209 Å². The standard InChI is InChI=1S/C28H28N2O6/c1-5-36-21-10-9-20(13-17(21)2)26(31)24-25(19-8-11-22(34-3)23(14-19)35-4)30(28(33)27(24)32)16-18-7-6-12-29-15-18/h6-15,25,31H,5,16H2,1-4H3/t25-/m1/s1. The number of pyridine rings is 1. The van der Waals surface area contributed by atoms with Crippen LogP contribution in [0.5, 0.6) is 17.2 Å². The largest absolute Gasteiger partial charge is 0.507 e. The third-order valence-corrected chi connectivity index (χ3v) is 6.09. The third kappa shape index (κ3) is 4.62. The van der Waals surface area contributed by atoms with Gasteiger partial charge in [-0.25, -0.2) is 0 Å². The Kier molecular flexibility index (Phi) is 7.24. The molecule has 1 saturated heterocycles. The van der Waals surface area contributed by atoms with Crippen LogP contribution in [0.1, 0.15) is 35.2 Å². The lowest BCUT2D eigenvalue weighted by atomic mass is 9.94. The summed E-state index contributed by atoms with van der Waals surface area (Å²) in [4.78, 5) is 32.1. The van der Waals surface area contributed by atoms with E-state index in [1.807, 2.05) is 19.9 Å². The molecule has 2 heterocycles. The zero-order chi connectivity index (χ0) is 25.8. The second-order valence-corrected chi connectivity index (χ2v) is 8.32. The summed E-state index contributed by atoms with van der Waals surface area (Å²) in [5.41, 5.74) is 2.57. The van der Waals surface area contributed by atoms with E-state index in [4.69, 9.17) is 14.2 Å². The minimum Gasteiger partial charge on any atom is -0.507 e. The van der Waals surface area contributed by atoms with Gasteiger partial charge in [-0.05, 0) is 66.9 Å². The Hall–Kier alpha value is -4.33. The molecule has 8 nitrogen and oxygen atoms in total. The van der Waals surface area contributed by atoms with Crippen molar-refractivity contribution >= 4 is 17.4 Å². The van der Waals surface area contributed by atoms with Gasteiger partial charge in [0.1, 0.15) is 11.5 Å². The maximum atomic E-state index is 13.3. The fourth-order valence-corrected chi connectivity index (χ4v) is 4.37. The Bertz CT molecular complexity index is 1320. The molecule has 0 radical (unpaired) electrons. The Balaban J connectivity index is 1.88. The van der Waals surface area contributed by atoms with Gasteiger partial charge in [-0.3, -0.25) is 14.6 Å². The molecule has 1 amide bonds. The number of likely N-dealkylation sites (tertiary alicyclic amines) is 1. The summed E-state index contributed by atoms with van der Waals surface area (Å²) < 4.78 is 16.4. The van der Waals surface area contributed by atoms with Crippen molar-refractivity contribution in [1.82, 2.24) is 9.88 Å². The lowest BCUT2D eigenvalue weighted by molar-refractivity contribution is -0.140. The zero-order valence-electron chi connectivity index (χ0n) is 20.6. The molecule has 1 atom stereocenters. The van der Waals surface area contributed by atoms with Crippen LogP contribution in [0, 0.1) is 6.92 Å². The van der Waals surface area contributed by atoms with E-state index in [1.54, 1.807) is 54.9 Å².